The third kappa shape index (κ3) is 7.51. The molecule has 0 unspecified atom stereocenters. The molecule has 0 fully saturated rings. The first-order valence-corrected chi connectivity index (χ1v) is 9.73. The molecule has 160 valence electrons. The maximum absolute atomic E-state index is 11.3. The summed E-state index contributed by atoms with van der Waals surface area (Å²) >= 11 is 1.29. The Balaban J connectivity index is 2.21. The summed E-state index contributed by atoms with van der Waals surface area (Å²) in [6, 6.07) is 8.55. The number of aromatic hydroxyl groups is 1. The summed E-state index contributed by atoms with van der Waals surface area (Å²) in [5.41, 5.74) is 7.62. The summed E-state index contributed by atoms with van der Waals surface area (Å²) in [6.45, 7) is 0. The number of methoxy groups -OCH3 is 1. The quantitative estimate of drug-likeness (QED) is 0.252. The van der Waals surface area contributed by atoms with Gasteiger partial charge in [-0.2, -0.15) is 0 Å². The zero-order chi connectivity index (χ0) is 21.9. The smallest absolute Gasteiger partial charge is 0.425 e. The molecule has 0 bridgehead atoms. The number of carboxylic acids is 1. The molecule has 0 spiro atoms. The summed E-state index contributed by atoms with van der Waals surface area (Å²) in [6.07, 6.45) is 1.14. The summed E-state index contributed by atoms with van der Waals surface area (Å²) in [4.78, 5) is 31.2. The Bertz CT molecular complexity index is 922. The highest BCUT2D eigenvalue weighted by molar-refractivity contribution is 7.99. The van der Waals surface area contributed by atoms with Crippen LogP contribution in [0.2, 0.25) is 0 Å². The first-order chi connectivity index (χ1) is 14.4. The largest absolute Gasteiger partial charge is 0.507 e. The summed E-state index contributed by atoms with van der Waals surface area (Å²) in [7, 11) is 2.66. The Morgan fingerprint density at radius 1 is 1.27 bits per heavy atom. The third-order valence-electron chi connectivity index (χ3n) is 3.69. The number of aliphatic carboxylic acids is 1. The summed E-state index contributed by atoms with van der Waals surface area (Å²) < 4.78 is 4.53. The summed E-state index contributed by atoms with van der Waals surface area (Å²) in [5, 5.41) is 23.2. The molecule has 30 heavy (non-hydrogen) atoms. The molecule has 0 saturated heterocycles. The first-order valence-electron chi connectivity index (χ1n) is 8.75. The Morgan fingerprint density at radius 3 is 2.73 bits per heavy atom. The van der Waals surface area contributed by atoms with Gasteiger partial charge in [-0.15, -0.1) is 11.8 Å². The van der Waals surface area contributed by atoms with Gasteiger partial charge >= 0.3 is 12.1 Å². The lowest BCUT2D eigenvalue weighted by Crippen LogP contribution is -2.29. The predicted octanol–water partition coefficient (Wildman–Crippen LogP) is 2.61. The van der Waals surface area contributed by atoms with Gasteiger partial charge in [0.05, 0.1) is 30.5 Å². The van der Waals surface area contributed by atoms with Crippen LogP contribution in [0.15, 0.2) is 40.5 Å². The molecule has 0 atom stereocenters. The van der Waals surface area contributed by atoms with E-state index in [1.54, 1.807) is 24.3 Å². The molecule has 1 heterocycles. The number of thioether (sulfide) groups is 1. The zero-order valence-electron chi connectivity index (χ0n) is 16.4. The van der Waals surface area contributed by atoms with Gasteiger partial charge in [0.25, 0.3) is 0 Å². The van der Waals surface area contributed by atoms with Gasteiger partial charge in [0, 0.05) is 23.4 Å². The van der Waals surface area contributed by atoms with Crippen LogP contribution >= 0.6 is 11.8 Å². The molecule has 1 aromatic heterocycles. The minimum atomic E-state index is -0.892. The van der Waals surface area contributed by atoms with Gasteiger partial charge in [0.1, 0.15) is 12.9 Å². The number of carboxylic acid groups (broad SMARTS) is 1. The van der Waals surface area contributed by atoms with Gasteiger partial charge in [-0.25, -0.2) is 15.2 Å². The first kappa shape index (κ1) is 22.8. The average molecular weight is 434 g/mol. The molecule has 1 amide bonds. The van der Waals surface area contributed by atoms with Crippen molar-refractivity contribution >= 4 is 35.7 Å². The number of benzene rings is 1. The van der Waals surface area contributed by atoms with Crippen LogP contribution in [0.3, 0.4) is 0 Å². The number of carbonyl (C=O) groups is 2. The van der Waals surface area contributed by atoms with E-state index in [-0.39, 0.29) is 12.2 Å². The number of phenolic OH excluding ortho intramolecular Hbond substituents is 1. The number of anilines is 1. The van der Waals surface area contributed by atoms with E-state index in [0.717, 1.165) is 5.56 Å². The molecule has 11 heteroatoms. The number of amides is 1. The van der Waals surface area contributed by atoms with Crippen LogP contribution in [0.25, 0.3) is 0 Å². The minimum absolute atomic E-state index is 0.00188. The number of phenols is 1. The fourth-order valence-electron chi connectivity index (χ4n) is 2.34. The van der Waals surface area contributed by atoms with Crippen molar-refractivity contribution in [3.8, 4) is 5.75 Å². The zero-order valence-corrected chi connectivity index (χ0v) is 17.2. The minimum Gasteiger partial charge on any atom is -0.507 e. The van der Waals surface area contributed by atoms with E-state index in [1.165, 1.54) is 32.2 Å². The highest BCUT2D eigenvalue weighted by atomic mass is 32.2. The van der Waals surface area contributed by atoms with E-state index in [1.807, 2.05) is 6.07 Å². The molecule has 0 aliphatic rings. The molecule has 10 nitrogen and oxygen atoms in total. The van der Waals surface area contributed by atoms with Crippen molar-refractivity contribution in [1.82, 2.24) is 10.4 Å². The van der Waals surface area contributed by atoms with Crippen LogP contribution < -0.4 is 10.9 Å². The fourth-order valence-corrected chi connectivity index (χ4v) is 3.22. The van der Waals surface area contributed by atoms with Crippen LogP contribution in [0.4, 0.5) is 10.5 Å². The molecule has 0 aliphatic heterocycles. The van der Waals surface area contributed by atoms with Crippen molar-refractivity contribution in [2.45, 2.75) is 17.9 Å². The van der Waals surface area contributed by atoms with E-state index < -0.39 is 12.1 Å². The number of carbonyl (C=O) groups excluding carboxylic acids is 1. The molecular weight excluding hydrogens is 412 g/mol. The standard InChI is InChI=1S/C19H22N4O6S/c1-28-19(27)23-22-15-9-14(21-17(10-15)30-6-5-18(25)26)7-12-3-4-13(11-20-29-2)16(24)8-12/h3-4,8-11,24H,5-7H2,1-2H3,(H,21,22)(H,23,27)(H,25,26)/b20-11+. The predicted molar refractivity (Wildman–Crippen MR) is 112 cm³/mol. The number of hydrogen-bond donors (Lipinski definition) is 4. The maximum Gasteiger partial charge on any atom is 0.425 e. The van der Waals surface area contributed by atoms with Crippen molar-refractivity contribution in [3.05, 3.63) is 47.2 Å². The summed E-state index contributed by atoms with van der Waals surface area (Å²) in [5.74, 6) is -0.493. The van der Waals surface area contributed by atoms with Crippen LogP contribution in [0, 0.1) is 0 Å². The van der Waals surface area contributed by atoms with Crippen LogP contribution in [0.1, 0.15) is 23.2 Å². The number of nitrogens with one attached hydrogen (secondary N) is 2. The molecule has 2 aromatic rings. The van der Waals surface area contributed by atoms with E-state index in [0.29, 0.717) is 34.1 Å². The van der Waals surface area contributed by atoms with E-state index in [9.17, 15) is 14.7 Å². The number of pyridine rings is 1. The van der Waals surface area contributed by atoms with Crippen molar-refractivity contribution in [3.63, 3.8) is 0 Å². The van der Waals surface area contributed by atoms with Gasteiger partial charge < -0.3 is 19.8 Å². The fraction of sp³-hybridized carbons (Fsp3) is 0.263. The Labute approximate surface area is 177 Å². The topological polar surface area (TPSA) is 142 Å². The lowest BCUT2D eigenvalue weighted by Gasteiger charge is -2.12. The normalized spacial score (nSPS) is 10.6. The second-order valence-electron chi connectivity index (χ2n) is 5.91. The monoisotopic (exact) mass is 434 g/mol. The van der Waals surface area contributed by atoms with Crippen molar-refractivity contribution in [1.29, 1.82) is 0 Å². The lowest BCUT2D eigenvalue weighted by molar-refractivity contribution is -0.136. The van der Waals surface area contributed by atoms with Crippen LogP contribution in [0.5, 0.6) is 5.75 Å². The number of aromatic nitrogens is 1. The van der Waals surface area contributed by atoms with Crippen LogP contribution in [-0.2, 0) is 20.8 Å². The Kier molecular flexibility index (Phi) is 8.75. The Hall–Kier alpha value is -3.47. The SMILES string of the molecule is CO/N=C/c1ccc(Cc2cc(NNC(=O)OC)cc(SCCC(=O)O)n2)cc1O. The number of nitrogens with zero attached hydrogens (tertiary/aromatic N) is 2. The van der Waals surface area contributed by atoms with Crippen LogP contribution in [-0.4, -0.2) is 53.4 Å². The van der Waals surface area contributed by atoms with Crippen molar-refractivity contribution < 1.29 is 29.4 Å². The van der Waals surface area contributed by atoms with Crippen molar-refractivity contribution in [2.24, 2.45) is 5.16 Å². The second kappa shape index (κ2) is 11.5. The molecule has 0 radical (unpaired) electrons. The van der Waals surface area contributed by atoms with E-state index in [2.05, 4.69) is 30.6 Å². The molecule has 1 aromatic carbocycles. The van der Waals surface area contributed by atoms with E-state index in [4.69, 9.17) is 5.11 Å². The molecular formula is C19H22N4O6S. The highest BCUT2D eigenvalue weighted by Crippen LogP contribution is 2.24. The number of hydrogen-bond acceptors (Lipinski definition) is 9. The highest BCUT2D eigenvalue weighted by Gasteiger charge is 2.09. The molecule has 4 N–H and O–H groups in total. The van der Waals surface area contributed by atoms with Crippen molar-refractivity contribution in [2.75, 3.05) is 25.4 Å². The van der Waals surface area contributed by atoms with Gasteiger partial charge in [-0.3, -0.25) is 10.2 Å². The number of ether oxygens (including phenoxy) is 1. The van der Waals surface area contributed by atoms with Gasteiger partial charge in [-0.1, -0.05) is 11.2 Å². The lowest BCUT2D eigenvalue weighted by atomic mass is 10.1. The number of rotatable bonds is 10. The molecule has 0 aliphatic carbocycles. The maximum atomic E-state index is 11.3. The van der Waals surface area contributed by atoms with E-state index >= 15 is 0 Å². The van der Waals surface area contributed by atoms with Gasteiger partial charge in [-0.05, 0) is 29.8 Å². The third-order valence-corrected chi connectivity index (χ3v) is 4.61. The molecule has 0 saturated carbocycles. The Morgan fingerprint density at radius 2 is 2.07 bits per heavy atom. The number of oxime groups is 1. The molecule has 2 rings (SSSR count). The number of hydrazine groups is 1. The van der Waals surface area contributed by atoms with Gasteiger partial charge in [0.15, 0.2) is 0 Å². The average Bonchev–Trinajstić information content (AvgIpc) is 2.71. The second-order valence-corrected chi connectivity index (χ2v) is 7.02. The van der Waals surface area contributed by atoms with Gasteiger partial charge in [0.2, 0.25) is 0 Å².